The summed E-state index contributed by atoms with van der Waals surface area (Å²) in [5, 5.41) is 4.47. The Morgan fingerprint density at radius 2 is 2.36 bits per heavy atom. The molecule has 4 heteroatoms. The lowest BCUT2D eigenvalue weighted by Crippen LogP contribution is -1.88. The average Bonchev–Trinajstić information content (AvgIpc) is 2.30. The van der Waals surface area contributed by atoms with Crippen LogP contribution in [0.25, 0.3) is 11.0 Å². The molecular formula is C7H6ClN3. The number of hydrogen-bond acceptors (Lipinski definition) is 2. The first-order chi connectivity index (χ1) is 5.29. The van der Waals surface area contributed by atoms with Crippen molar-refractivity contribution in [1.82, 2.24) is 14.8 Å². The zero-order valence-electron chi connectivity index (χ0n) is 5.95. The molecule has 0 radical (unpaired) electrons. The van der Waals surface area contributed by atoms with Crippen molar-refractivity contribution in [3.05, 3.63) is 23.5 Å². The minimum atomic E-state index is 0.461. The van der Waals surface area contributed by atoms with E-state index in [-0.39, 0.29) is 0 Å². The summed E-state index contributed by atoms with van der Waals surface area (Å²) in [5.74, 6) is 0. The van der Waals surface area contributed by atoms with Crippen molar-refractivity contribution in [2.24, 2.45) is 7.05 Å². The summed E-state index contributed by atoms with van der Waals surface area (Å²) in [4.78, 5) is 4.09. The van der Waals surface area contributed by atoms with E-state index in [9.17, 15) is 0 Å². The number of rotatable bonds is 0. The van der Waals surface area contributed by atoms with Gasteiger partial charge in [-0.1, -0.05) is 11.6 Å². The van der Waals surface area contributed by atoms with Gasteiger partial charge in [0, 0.05) is 13.2 Å². The Kier molecular flexibility index (Phi) is 1.32. The lowest BCUT2D eigenvalue weighted by atomic mass is 10.4. The predicted octanol–water partition coefficient (Wildman–Crippen LogP) is 1.62. The topological polar surface area (TPSA) is 30.7 Å². The molecule has 0 aliphatic heterocycles. The lowest BCUT2D eigenvalue weighted by molar-refractivity contribution is 0.797. The predicted molar refractivity (Wildman–Crippen MR) is 43.5 cm³/mol. The molecule has 2 heterocycles. The van der Waals surface area contributed by atoms with E-state index in [1.54, 1.807) is 10.9 Å². The Labute approximate surface area is 68.6 Å². The standard InChI is InChI=1S/C7H6ClN3/c1-11-5-3-2-4-9-6(5)7(8)10-11/h2-4H,1H3. The van der Waals surface area contributed by atoms with E-state index in [0.717, 1.165) is 11.0 Å². The van der Waals surface area contributed by atoms with Crippen LogP contribution < -0.4 is 0 Å². The third-order valence-corrected chi connectivity index (χ3v) is 1.82. The van der Waals surface area contributed by atoms with Crippen LogP contribution in [0.5, 0.6) is 0 Å². The maximum absolute atomic E-state index is 5.78. The number of halogens is 1. The zero-order valence-corrected chi connectivity index (χ0v) is 6.71. The fourth-order valence-electron chi connectivity index (χ4n) is 1.05. The molecule has 0 saturated heterocycles. The minimum absolute atomic E-state index is 0.461. The van der Waals surface area contributed by atoms with Gasteiger partial charge in [0.25, 0.3) is 0 Å². The van der Waals surface area contributed by atoms with Crippen LogP contribution in [0.3, 0.4) is 0 Å². The molecule has 0 unspecified atom stereocenters. The largest absolute Gasteiger partial charge is 0.265 e. The smallest absolute Gasteiger partial charge is 0.177 e. The van der Waals surface area contributed by atoms with Crippen LogP contribution in [0, 0.1) is 0 Å². The SMILES string of the molecule is Cn1nc(Cl)c2ncccc21. The van der Waals surface area contributed by atoms with Crippen LogP contribution in [0.2, 0.25) is 5.15 Å². The summed E-state index contributed by atoms with van der Waals surface area (Å²) < 4.78 is 1.71. The molecule has 0 aliphatic carbocycles. The number of aromatic nitrogens is 3. The highest BCUT2D eigenvalue weighted by Crippen LogP contribution is 2.18. The quantitative estimate of drug-likeness (QED) is 0.597. The number of hydrogen-bond donors (Lipinski definition) is 0. The summed E-state index contributed by atoms with van der Waals surface area (Å²) in [5.41, 5.74) is 1.72. The van der Waals surface area contributed by atoms with Gasteiger partial charge in [-0.25, -0.2) is 0 Å². The van der Waals surface area contributed by atoms with Crippen LogP contribution >= 0.6 is 11.6 Å². The third kappa shape index (κ3) is 0.886. The van der Waals surface area contributed by atoms with Crippen LogP contribution in [0.4, 0.5) is 0 Å². The molecule has 0 aliphatic rings. The summed E-state index contributed by atoms with van der Waals surface area (Å²) in [7, 11) is 1.84. The second-order valence-electron chi connectivity index (χ2n) is 2.29. The molecule has 0 spiro atoms. The molecule has 56 valence electrons. The fraction of sp³-hybridized carbons (Fsp3) is 0.143. The first-order valence-electron chi connectivity index (χ1n) is 3.22. The molecule has 0 amide bonds. The highest BCUT2D eigenvalue weighted by molar-refractivity contribution is 6.33. The maximum Gasteiger partial charge on any atom is 0.177 e. The van der Waals surface area contributed by atoms with E-state index in [1.807, 2.05) is 19.2 Å². The van der Waals surface area contributed by atoms with Crippen molar-refractivity contribution in [2.45, 2.75) is 0 Å². The molecule has 0 aromatic carbocycles. The Morgan fingerprint density at radius 3 is 3.09 bits per heavy atom. The van der Waals surface area contributed by atoms with Gasteiger partial charge in [-0.15, -0.1) is 0 Å². The molecule has 2 aromatic heterocycles. The van der Waals surface area contributed by atoms with Crippen molar-refractivity contribution in [2.75, 3.05) is 0 Å². The highest BCUT2D eigenvalue weighted by Gasteiger charge is 2.04. The van der Waals surface area contributed by atoms with Crippen LogP contribution in [-0.2, 0) is 7.05 Å². The van der Waals surface area contributed by atoms with Gasteiger partial charge in [0.1, 0.15) is 5.52 Å². The summed E-state index contributed by atoms with van der Waals surface area (Å²) in [6.45, 7) is 0. The zero-order chi connectivity index (χ0) is 7.84. The van der Waals surface area contributed by atoms with Crippen molar-refractivity contribution < 1.29 is 0 Å². The fourth-order valence-corrected chi connectivity index (χ4v) is 1.31. The molecule has 0 fully saturated rings. The van der Waals surface area contributed by atoms with Crippen LogP contribution in [0.1, 0.15) is 0 Å². The molecule has 2 aromatic rings. The Bertz CT molecular complexity index is 357. The Hall–Kier alpha value is -1.09. The third-order valence-electron chi connectivity index (χ3n) is 1.57. The van der Waals surface area contributed by atoms with E-state index < -0.39 is 0 Å². The molecule has 0 N–H and O–H groups in total. The average molecular weight is 168 g/mol. The molecule has 0 atom stereocenters. The number of pyridine rings is 1. The van der Waals surface area contributed by atoms with Gasteiger partial charge in [0.05, 0.1) is 5.52 Å². The van der Waals surface area contributed by atoms with E-state index in [0.29, 0.717) is 5.15 Å². The number of fused-ring (bicyclic) bond motifs is 1. The second-order valence-corrected chi connectivity index (χ2v) is 2.64. The molecule has 0 saturated carbocycles. The van der Waals surface area contributed by atoms with Gasteiger partial charge in [-0.3, -0.25) is 9.67 Å². The van der Waals surface area contributed by atoms with Crippen LogP contribution in [0.15, 0.2) is 18.3 Å². The monoisotopic (exact) mass is 167 g/mol. The van der Waals surface area contributed by atoms with Gasteiger partial charge < -0.3 is 0 Å². The summed E-state index contributed by atoms with van der Waals surface area (Å²) >= 11 is 5.78. The van der Waals surface area contributed by atoms with Gasteiger partial charge in [0.2, 0.25) is 0 Å². The molecule has 3 nitrogen and oxygen atoms in total. The molecule has 11 heavy (non-hydrogen) atoms. The first kappa shape index (κ1) is 6.61. The second kappa shape index (κ2) is 2.20. The Balaban J connectivity index is 2.95. The van der Waals surface area contributed by atoms with E-state index in [4.69, 9.17) is 11.6 Å². The normalized spacial score (nSPS) is 10.7. The Morgan fingerprint density at radius 1 is 1.55 bits per heavy atom. The van der Waals surface area contributed by atoms with Crippen molar-refractivity contribution >= 4 is 22.6 Å². The summed E-state index contributed by atoms with van der Waals surface area (Å²) in [6.07, 6.45) is 1.70. The lowest BCUT2D eigenvalue weighted by Gasteiger charge is -1.89. The van der Waals surface area contributed by atoms with Crippen molar-refractivity contribution in [3.63, 3.8) is 0 Å². The highest BCUT2D eigenvalue weighted by atomic mass is 35.5. The van der Waals surface area contributed by atoms with Gasteiger partial charge in [-0.2, -0.15) is 5.10 Å². The van der Waals surface area contributed by atoms with Gasteiger partial charge >= 0.3 is 0 Å². The number of nitrogens with zero attached hydrogens (tertiary/aromatic N) is 3. The van der Waals surface area contributed by atoms with Crippen molar-refractivity contribution in [1.29, 1.82) is 0 Å². The maximum atomic E-state index is 5.78. The van der Waals surface area contributed by atoms with E-state index in [2.05, 4.69) is 10.1 Å². The van der Waals surface area contributed by atoms with Crippen LogP contribution in [-0.4, -0.2) is 14.8 Å². The molecule has 0 bridgehead atoms. The van der Waals surface area contributed by atoms with E-state index >= 15 is 0 Å². The first-order valence-corrected chi connectivity index (χ1v) is 3.60. The summed E-state index contributed by atoms with van der Waals surface area (Å²) in [6, 6.07) is 3.79. The molecule has 2 rings (SSSR count). The van der Waals surface area contributed by atoms with Gasteiger partial charge in [-0.05, 0) is 12.1 Å². The van der Waals surface area contributed by atoms with E-state index in [1.165, 1.54) is 0 Å². The minimum Gasteiger partial charge on any atom is -0.265 e. The molecular weight excluding hydrogens is 162 g/mol. The van der Waals surface area contributed by atoms with Crippen molar-refractivity contribution in [3.8, 4) is 0 Å². The van der Waals surface area contributed by atoms with Gasteiger partial charge in [0.15, 0.2) is 5.15 Å². The number of aryl methyl sites for hydroxylation is 1.